The minimum atomic E-state index is 0.0487. The number of rotatable bonds is 6. The third kappa shape index (κ3) is 5.66. The van der Waals surface area contributed by atoms with Crippen LogP contribution < -0.4 is 5.32 Å². The molecule has 35 heavy (non-hydrogen) atoms. The maximum absolute atomic E-state index is 13.5. The van der Waals surface area contributed by atoms with E-state index in [4.69, 9.17) is 4.74 Å². The first kappa shape index (κ1) is 23.0. The van der Waals surface area contributed by atoms with Gasteiger partial charge in [-0.3, -0.25) is 14.8 Å². The van der Waals surface area contributed by atoms with E-state index < -0.39 is 0 Å². The Balaban J connectivity index is 1.28. The predicted molar refractivity (Wildman–Crippen MR) is 138 cm³/mol. The molecule has 1 amide bonds. The van der Waals surface area contributed by atoms with Crippen LogP contribution in [0.1, 0.15) is 27.0 Å². The summed E-state index contributed by atoms with van der Waals surface area (Å²) in [5, 5.41) is 5.78. The van der Waals surface area contributed by atoms with Crippen molar-refractivity contribution in [2.24, 2.45) is 5.92 Å². The summed E-state index contributed by atoms with van der Waals surface area (Å²) < 4.78 is 5.89. The fourth-order valence-corrected chi connectivity index (χ4v) is 4.61. The van der Waals surface area contributed by atoms with E-state index in [-0.39, 0.29) is 11.8 Å². The number of hydrogen-bond acceptors (Lipinski definition) is 5. The maximum Gasteiger partial charge on any atom is 0.254 e. The summed E-state index contributed by atoms with van der Waals surface area (Å²) in [7, 11) is 0. The summed E-state index contributed by atoms with van der Waals surface area (Å²) in [6, 6.07) is 18.4. The van der Waals surface area contributed by atoms with E-state index in [1.54, 1.807) is 6.20 Å². The van der Waals surface area contributed by atoms with Gasteiger partial charge < -0.3 is 15.0 Å². The van der Waals surface area contributed by atoms with Crippen LogP contribution in [0, 0.1) is 12.8 Å². The molecule has 3 heterocycles. The number of nitrogens with zero attached hydrogens (tertiary/aromatic N) is 3. The van der Waals surface area contributed by atoms with E-state index in [2.05, 4.69) is 40.4 Å². The van der Waals surface area contributed by atoms with E-state index in [1.165, 1.54) is 10.9 Å². The van der Waals surface area contributed by atoms with E-state index in [9.17, 15) is 4.79 Å². The molecule has 0 aliphatic carbocycles. The van der Waals surface area contributed by atoms with Crippen molar-refractivity contribution in [3.63, 3.8) is 0 Å². The fourth-order valence-electron chi connectivity index (χ4n) is 4.61. The van der Waals surface area contributed by atoms with Crippen molar-refractivity contribution in [1.29, 1.82) is 0 Å². The van der Waals surface area contributed by atoms with Gasteiger partial charge in [-0.05, 0) is 65.8 Å². The molecule has 1 fully saturated rings. The first-order valence-electron chi connectivity index (χ1n) is 12.1. The number of aryl methyl sites for hydroxylation is 1. The third-order valence-corrected chi connectivity index (χ3v) is 6.54. The molecule has 178 valence electrons. The first-order chi connectivity index (χ1) is 17.2. The van der Waals surface area contributed by atoms with E-state index >= 15 is 0 Å². The van der Waals surface area contributed by atoms with E-state index in [1.807, 2.05) is 59.9 Å². The van der Waals surface area contributed by atoms with Crippen LogP contribution >= 0.6 is 0 Å². The Labute approximate surface area is 206 Å². The Kier molecular flexibility index (Phi) is 7.00. The third-order valence-electron chi connectivity index (χ3n) is 6.54. The summed E-state index contributed by atoms with van der Waals surface area (Å²) in [6.45, 7) is 5.20. The fraction of sp³-hybridized carbons (Fsp3) is 0.276. The second-order valence-corrected chi connectivity index (χ2v) is 9.20. The van der Waals surface area contributed by atoms with Gasteiger partial charge in [-0.15, -0.1) is 0 Å². The number of ether oxygens (including phenoxy) is 1. The lowest BCUT2D eigenvalue weighted by Crippen LogP contribution is -2.36. The Morgan fingerprint density at radius 3 is 2.83 bits per heavy atom. The Bertz CT molecular complexity index is 1310. The van der Waals surface area contributed by atoms with Crippen LogP contribution in [0.4, 0.5) is 5.69 Å². The minimum absolute atomic E-state index is 0.0487. The van der Waals surface area contributed by atoms with Crippen molar-refractivity contribution in [2.75, 3.05) is 31.6 Å². The lowest BCUT2D eigenvalue weighted by molar-refractivity contribution is 0.0737. The molecule has 4 aromatic rings. The normalized spacial score (nSPS) is 16.1. The summed E-state index contributed by atoms with van der Waals surface area (Å²) in [5.41, 5.74) is 5.10. The summed E-state index contributed by atoms with van der Waals surface area (Å²) in [5.74, 6) is 0.289. The molecule has 0 radical (unpaired) electrons. The molecule has 1 aliphatic heterocycles. The molecule has 0 spiro atoms. The number of hydrogen-bond donors (Lipinski definition) is 1. The number of nitrogens with one attached hydrogen (secondary N) is 1. The lowest BCUT2D eigenvalue weighted by Gasteiger charge is -2.24. The highest BCUT2D eigenvalue weighted by Crippen LogP contribution is 2.22. The highest BCUT2D eigenvalue weighted by atomic mass is 16.5. The van der Waals surface area contributed by atoms with Crippen molar-refractivity contribution in [3.8, 4) is 0 Å². The molecule has 1 unspecified atom stereocenters. The molecule has 2 aromatic heterocycles. The van der Waals surface area contributed by atoms with Crippen LogP contribution in [0.2, 0.25) is 0 Å². The number of anilines is 1. The predicted octanol–water partition coefficient (Wildman–Crippen LogP) is 4.88. The van der Waals surface area contributed by atoms with Crippen LogP contribution in [0.3, 0.4) is 0 Å². The van der Waals surface area contributed by atoms with E-state index in [0.717, 1.165) is 28.6 Å². The molecule has 5 rings (SSSR count). The number of amides is 1. The largest absolute Gasteiger partial charge is 0.381 e. The average molecular weight is 467 g/mol. The summed E-state index contributed by atoms with van der Waals surface area (Å²) >= 11 is 0. The molecule has 6 nitrogen and oxygen atoms in total. The number of fused-ring (bicyclic) bond motifs is 1. The number of aromatic nitrogens is 2. The van der Waals surface area contributed by atoms with Crippen LogP contribution in [0.15, 0.2) is 79.4 Å². The number of benzene rings is 2. The second kappa shape index (κ2) is 10.7. The molecule has 0 saturated carbocycles. The molecule has 1 N–H and O–H groups in total. The molecule has 1 atom stereocenters. The molecular weight excluding hydrogens is 436 g/mol. The molecular formula is C29H30N4O2. The van der Waals surface area contributed by atoms with Gasteiger partial charge >= 0.3 is 0 Å². The first-order valence-corrected chi connectivity index (χ1v) is 12.1. The van der Waals surface area contributed by atoms with Crippen molar-refractivity contribution >= 4 is 22.4 Å². The topological polar surface area (TPSA) is 67.4 Å². The zero-order chi connectivity index (χ0) is 24.0. The molecule has 0 bridgehead atoms. The molecule has 2 aromatic carbocycles. The average Bonchev–Trinajstić information content (AvgIpc) is 3.14. The quantitative estimate of drug-likeness (QED) is 0.439. The van der Waals surface area contributed by atoms with E-state index in [0.29, 0.717) is 38.4 Å². The van der Waals surface area contributed by atoms with Crippen molar-refractivity contribution in [2.45, 2.75) is 19.9 Å². The Morgan fingerprint density at radius 2 is 1.94 bits per heavy atom. The molecule has 6 heteroatoms. The SMILES string of the molecule is Cc1ccc(C(=O)N2CCOCC(Cc3ccc4ccncc4c3)C2)cc1NCc1cccnc1. The smallest absolute Gasteiger partial charge is 0.254 e. The van der Waals surface area contributed by atoms with Gasteiger partial charge in [0.2, 0.25) is 0 Å². The van der Waals surface area contributed by atoms with Crippen LogP contribution in [0.5, 0.6) is 0 Å². The van der Waals surface area contributed by atoms with Gasteiger partial charge in [0.15, 0.2) is 0 Å². The Hall–Kier alpha value is -3.77. The standard InChI is InChI=1S/C29H30N4O2/c1-21-4-6-26(15-28(21)32-17-23-3-2-9-30-16-23)29(34)33-11-12-35-20-24(19-33)13-22-5-7-25-8-10-31-18-27(25)14-22/h2-10,14-16,18,24,32H,11-13,17,19-20H2,1H3. The van der Waals surface area contributed by atoms with Crippen LogP contribution in [0.25, 0.3) is 10.8 Å². The number of pyridine rings is 2. The number of carbonyl (C=O) groups is 1. The lowest BCUT2D eigenvalue weighted by atomic mass is 9.97. The highest BCUT2D eigenvalue weighted by molar-refractivity contribution is 5.95. The van der Waals surface area contributed by atoms with Gasteiger partial charge in [0.1, 0.15) is 0 Å². The van der Waals surface area contributed by atoms with Crippen LogP contribution in [-0.2, 0) is 17.7 Å². The van der Waals surface area contributed by atoms with Crippen LogP contribution in [-0.4, -0.2) is 47.1 Å². The van der Waals surface area contributed by atoms with Crippen molar-refractivity contribution in [1.82, 2.24) is 14.9 Å². The summed E-state index contributed by atoms with van der Waals surface area (Å²) in [4.78, 5) is 23.8. The van der Waals surface area contributed by atoms with Crippen molar-refractivity contribution in [3.05, 3.63) is 102 Å². The van der Waals surface area contributed by atoms with Gasteiger partial charge in [-0.2, -0.15) is 0 Å². The second-order valence-electron chi connectivity index (χ2n) is 9.20. The van der Waals surface area contributed by atoms with Gasteiger partial charge in [0.25, 0.3) is 5.91 Å². The zero-order valence-electron chi connectivity index (χ0n) is 20.0. The van der Waals surface area contributed by atoms with Gasteiger partial charge in [-0.1, -0.05) is 24.3 Å². The molecule has 1 aliphatic rings. The monoisotopic (exact) mass is 466 g/mol. The van der Waals surface area contributed by atoms with Gasteiger partial charge in [0, 0.05) is 67.0 Å². The maximum atomic E-state index is 13.5. The minimum Gasteiger partial charge on any atom is -0.381 e. The van der Waals surface area contributed by atoms with Gasteiger partial charge in [0.05, 0.1) is 13.2 Å². The molecule has 1 saturated heterocycles. The van der Waals surface area contributed by atoms with Gasteiger partial charge in [-0.25, -0.2) is 0 Å². The summed E-state index contributed by atoms with van der Waals surface area (Å²) in [6.07, 6.45) is 8.19. The van der Waals surface area contributed by atoms with Crippen molar-refractivity contribution < 1.29 is 9.53 Å². The zero-order valence-corrected chi connectivity index (χ0v) is 20.0. The number of carbonyl (C=O) groups excluding carboxylic acids is 1. The highest BCUT2D eigenvalue weighted by Gasteiger charge is 2.24. The Morgan fingerprint density at radius 1 is 1.03 bits per heavy atom.